The van der Waals surface area contributed by atoms with Crippen LogP contribution < -0.4 is 5.32 Å². The summed E-state index contributed by atoms with van der Waals surface area (Å²) >= 11 is 3.40. The summed E-state index contributed by atoms with van der Waals surface area (Å²) in [5.41, 5.74) is 0.853. The van der Waals surface area contributed by atoms with E-state index >= 15 is 0 Å². The van der Waals surface area contributed by atoms with Gasteiger partial charge in [-0.3, -0.25) is 0 Å². The molecule has 2 aliphatic rings. The van der Waals surface area contributed by atoms with E-state index in [4.69, 9.17) is 0 Å². The SMILES string of the molecule is O=C(Nc1ccc(Br)cc1)N1CCC(N2CCCCC2)CC1. The molecule has 1 aromatic rings. The first-order valence-electron chi connectivity index (χ1n) is 8.28. The first kappa shape index (κ1) is 15.8. The lowest BCUT2D eigenvalue weighted by Crippen LogP contribution is -2.49. The third-order valence-electron chi connectivity index (χ3n) is 4.75. The normalized spacial score (nSPS) is 20.9. The van der Waals surface area contributed by atoms with E-state index in [1.165, 1.54) is 32.4 Å². The van der Waals surface area contributed by atoms with Crippen molar-refractivity contribution in [2.45, 2.75) is 38.1 Å². The minimum Gasteiger partial charge on any atom is -0.324 e. The Morgan fingerprint density at radius 1 is 1.00 bits per heavy atom. The van der Waals surface area contributed by atoms with Crippen LogP contribution in [0.2, 0.25) is 0 Å². The second-order valence-electron chi connectivity index (χ2n) is 6.25. The molecule has 2 heterocycles. The topological polar surface area (TPSA) is 35.6 Å². The third kappa shape index (κ3) is 4.02. The van der Waals surface area contributed by atoms with E-state index in [0.29, 0.717) is 6.04 Å². The lowest BCUT2D eigenvalue weighted by atomic mass is 10.0. The van der Waals surface area contributed by atoms with Gasteiger partial charge in [0.2, 0.25) is 0 Å². The molecular weight excluding hydrogens is 342 g/mol. The molecule has 0 unspecified atom stereocenters. The van der Waals surface area contributed by atoms with Crippen molar-refractivity contribution < 1.29 is 4.79 Å². The largest absolute Gasteiger partial charge is 0.324 e. The van der Waals surface area contributed by atoms with Gasteiger partial charge in [-0.1, -0.05) is 22.4 Å². The predicted octanol–water partition coefficient (Wildman–Crippen LogP) is 3.93. The molecule has 2 saturated heterocycles. The second-order valence-corrected chi connectivity index (χ2v) is 7.17. The number of piperidine rings is 2. The summed E-state index contributed by atoms with van der Waals surface area (Å²) in [6.45, 7) is 4.22. The Bertz CT molecular complexity index is 491. The molecule has 2 amide bonds. The number of nitrogens with one attached hydrogen (secondary N) is 1. The van der Waals surface area contributed by atoms with Gasteiger partial charge in [0.25, 0.3) is 0 Å². The van der Waals surface area contributed by atoms with Gasteiger partial charge in [-0.15, -0.1) is 0 Å². The number of carbonyl (C=O) groups is 1. The maximum Gasteiger partial charge on any atom is 0.321 e. The molecule has 0 saturated carbocycles. The van der Waals surface area contributed by atoms with E-state index in [9.17, 15) is 4.79 Å². The van der Waals surface area contributed by atoms with Crippen molar-refractivity contribution in [1.82, 2.24) is 9.80 Å². The Hall–Kier alpha value is -1.07. The molecule has 120 valence electrons. The van der Waals surface area contributed by atoms with E-state index in [1.54, 1.807) is 0 Å². The van der Waals surface area contributed by atoms with E-state index < -0.39 is 0 Å². The molecule has 2 fully saturated rings. The van der Waals surface area contributed by atoms with Crippen LogP contribution >= 0.6 is 15.9 Å². The van der Waals surface area contributed by atoms with Crippen molar-refractivity contribution >= 4 is 27.6 Å². The average Bonchev–Trinajstić information content (AvgIpc) is 2.58. The molecule has 0 atom stereocenters. The van der Waals surface area contributed by atoms with Crippen LogP contribution in [0.4, 0.5) is 10.5 Å². The molecule has 0 bridgehead atoms. The minimum absolute atomic E-state index is 0.0272. The quantitative estimate of drug-likeness (QED) is 0.861. The molecule has 4 nitrogen and oxygen atoms in total. The number of halogens is 1. The first-order valence-corrected chi connectivity index (χ1v) is 9.07. The van der Waals surface area contributed by atoms with Gasteiger partial charge in [0.1, 0.15) is 0 Å². The van der Waals surface area contributed by atoms with Crippen LogP contribution in [0.5, 0.6) is 0 Å². The number of urea groups is 1. The van der Waals surface area contributed by atoms with Gasteiger partial charge < -0.3 is 15.1 Å². The van der Waals surface area contributed by atoms with E-state index in [2.05, 4.69) is 26.1 Å². The Morgan fingerprint density at radius 2 is 1.64 bits per heavy atom. The maximum atomic E-state index is 12.3. The molecule has 22 heavy (non-hydrogen) atoms. The van der Waals surface area contributed by atoms with Gasteiger partial charge in [0.15, 0.2) is 0 Å². The fourth-order valence-electron chi connectivity index (χ4n) is 3.45. The van der Waals surface area contributed by atoms with Gasteiger partial charge >= 0.3 is 6.03 Å². The molecule has 0 aromatic heterocycles. The summed E-state index contributed by atoms with van der Waals surface area (Å²) in [6, 6.07) is 8.43. The first-order chi connectivity index (χ1) is 10.7. The fraction of sp³-hybridized carbons (Fsp3) is 0.588. The summed E-state index contributed by atoms with van der Waals surface area (Å²) in [7, 11) is 0. The van der Waals surface area contributed by atoms with E-state index in [-0.39, 0.29) is 6.03 Å². The number of anilines is 1. The number of nitrogens with zero attached hydrogens (tertiary/aromatic N) is 2. The Labute approximate surface area is 141 Å². The highest BCUT2D eigenvalue weighted by Crippen LogP contribution is 2.21. The maximum absolute atomic E-state index is 12.3. The lowest BCUT2D eigenvalue weighted by Gasteiger charge is -2.40. The van der Waals surface area contributed by atoms with Crippen LogP contribution in [0.15, 0.2) is 28.7 Å². The molecule has 3 rings (SSSR count). The number of likely N-dealkylation sites (tertiary alicyclic amines) is 2. The van der Waals surface area contributed by atoms with Crippen LogP contribution in [-0.4, -0.2) is 48.1 Å². The Balaban J connectivity index is 1.48. The monoisotopic (exact) mass is 365 g/mol. The lowest BCUT2D eigenvalue weighted by molar-refractivity contribution is 0.104. The van der Waals surface area contributed by atoms with Crippen molar-refractivity contribution in [2.75, 3.05) is 31.5 Å². The molecule has 1 aromatic carbocycles. The van der Waals surface area contributed by atoms with Gasteiger partial charge in [-0.25, -0.2) is 4.79 Å². The van der Waals surface area contributed by atoms with Gasteiger partial charge in [-0.2, -0.15) is 0 Å². The van der Waals surface area contributed by atoms with Gasteiger partial charge in [0.05, 0.1) is 0 Å². The summed E-state index contributed by atoms with van der Waals surface area (Å²) in [4.78, 5) is 16.9. The summed E-state index contributed by atoms with van der Waals surface area (Å²) < 4.78 is 1.02. The average molecular weight is 366 g/mol. The third-order valence-corrected chi connectivity index (χ3v) is 5.28. The Morgan fingerprint density at radius 3 is 2.27 bits per heavy atom. The standard InChI is InChI=1S/C17H24BrN3O/c18-14-4-6-15(7-5-14)19-17(22)21-12-8-16(9-13-21)20-10-2-1-3-11-20/h4-7,16H,1-3,8-13H2,(H,19,22). The Kier molecular flexibility index (Phi) is 5.37. The fourth-order valence-corrected chi connectivity index (χ4v) is 3.72. The zero-order chi connectivity index (χ0) is 15.4. The number of hydrogen-bond acceptors (Lipinski definition) is 2. The molecule has 2 aliphatic heterocycles. The summed E-state index contributed by atoms with van der Waals surface area (Å²) in [5.74, 6) is 0. The molecule has 5 heteroatoms. The van der Waals surface area contributed by atoms with E-state index in [0.717, 1.165) is 36.1 Å². The molecular formula is C17H24BrN3O. The van der Waals surface area contributed by atoms with Gasteiger partial charge in [-0.05, 0) is 63.0 Å². The van der Waals surface area contributed by atoms with Crippen molar-refractivity contribution in [2.24, 2.45) is 0 Å². The zero-order valence-corrected chi connectivity index (χ0v) is 14.5. The van der Waals surface area contributed by atoms with Crippen molar-refractivity contribution in [3.05, 3.63) is 28.7 Å². The van der Waals surface area contributed by atoms with Crippen LogP contribution in [0.25, 0.3) is 0 Å². The number of benzene rings is 1. The highest BCUT2D eigenvalue weighted by molar-refractivity contribution is 9.10. The number of carbonyl (C=O) groups excluding carboxylic acids is 1. The number of rotatable bonds is 2. The van der Waals surface area contributed by atoms with Crippen molar-refractivity contribution in [3.8, 4) is 0 Å². The van der Waals surface area contributed by atoms with E-state index in [1.807, 2.05) is 29.2 Å². The molecule has 1 N–H and O–H groups in total. The van der Waals surface area contributed by atoms with Crippen LogP contribution in [0.1, 0.15) is 32.1 Å². The highest BCUT2D eigenvalue weighted by atomic mass is 79.9. The second kappa shape index (κ2) is 7.47. The van der Waals surface area contributed by atoms with Gasteiger partial charge in [0, 0.05) is 29.3 Å². The molecule has 0 radical (unpaired) electrons. The molecule has 0 spiro atoms. The smallest absolute Gasteiger partial charge is 0.321 e. The molecule has 0 aliphatic carbocycles. The van der Waals surface area contributed by atoms with Crippen LogP contribution in [-0.2, 0) is 0 Å². The van der Waals surface area contributed by atoms with Crippen molar-refractivity contribution in [3.63, 3.8) is 0 Å². The zero-order valence-electron chi connectivity index (χ0n) is 12.9. The summed E-state index contributed by atoms with van der Waals surface area (Å²) in [6.07, 6.45) is 6.26. The predicted molar refractivity (Wildman–Crippen MR) is 93.2 cm³/mol. The van der Waals surface area contributed by atoms with Crippen LogP contribution in [0.3, 0.4) is 0 Å². The van der Waals surface area contributed by atoms with Crippen LogP contribution in [0, 0.1) is 0 Å². The summed E-state index contributed by atoms with van der Waals surface area (Å²) in [5, 5.41) is 2.99. The van der Waals surface area contributed by atoms with Crippen molar-refractivity contribution in [1.29, 1.82) is 0 Å². The number of amides is 2. The minimum atomic E-state index is 0.0272. The highest BCUT2D eigenvalue weighted by Gasteiger charge is 2.27. The number of hydrogen-bond donors (Lipinski definition) is 1.